The summed E-state index contributed by atoms with van der Waals surface area (Å²) in [6.07, 6.45) is 0.405. The van der Waals surface area contributed by atoms with Crippen molar-refractivity contribution in [1.82, 2.24) is 0 Å². The number of rotatable bonds is 4. The van der Waals surface area contributed by atoms with Gasteiger partial charge >= 0.3 is 0 Å². The molecule has 5 heteroatoms. The fraction of sp³-hybridized carbons (Fsp3) is 0.250. The number of hydrogen-bond donors (Lipinski definition) is 1. The molecular formula is C16H16BrF2NO. The lowest BCUT2D eigenvalue weighted by Crippen LogP contribution is -2.18. The average Bonchev–Trinajstić information content (AvgIpc) is 2.35. The molecule has 0 radical (unpaired) electrons. The molecule has 1 unspecified atom stereocenters. The second kappa shape index (κ2) is 6.54. The molecule has 1 atom stereocenters. The first kappa shape index (κ1) is 15.9. The van der Waals surface area contributed by atoms with E-state index in [0.717, 1.165) is 5.56 Å². The molecular weight excluding hydrogens is 340 g/mol. The monoisotopic (exact) mass is 355 g/mol. The van der Waals surface area contributed by atoms with Crippen molar-refractivity contribution in [3.8, 4) is 11.5 Å². The van der Waals surface area contributed by atoms with Crippen molar-refractivity contribution in [3.05, 3.63) is 57.6 Å². The van der Waals surface area contributed by atoms with Gasteiger partial charge in [-0.15, -0.1) is 0 Å². The second-order valence-electron chi connectivity index (χ2n) is 5.11. The highest BCUT2D eigenvalue weighted by Gasteiger charge is 2.15. The van der Waals surface area contributed by atoms with Gasteiger partial charge in [0.25, 0.3) is 0 Å². The van der Waals surface area contributed by atoms with Crippen LogP contribution in [-0.4, -0.2) is 6.04 Å². The highest BCUT2D eigenvalue weighted by Crippen LogP contribution is 2.33. The fourth-order valence-electron chi connectivity index (χ4n) is 2.00. The third-order valence-electron chi connectivity index (χ3n) is 2.92. The first-order valence-electron chi connectivity index (χ1n) is 6.54. The average molecular weight is 356 g/mol. The van der Waals surface area contributed by atoms with Crippen molar-refractivity contribution in [3.63, 3.8) is 0 Å². The van der Waals surface area contributed by atoms with E-state index >= 15 is 0 Å². The van der Waals surface area contributed by atoms with E-state index in [-0.39, 0.29) is 6.04 Å². The third-order valence-corrected chi connectivity index (χ3v) is 3.53. The quantitative estimate of drug-likeness (QED) is 0.861. The van der Waals surface area contributed by atoms with Gasteiger partial charge in [-0.3, -0.25) is 0 Å². The molecule has 2 aromatic carbocycles. The molecule has 0 bridgehead atoms. The number of benzene rings is 2. The second-order valence-corrected chi connectivity index (χ2v) is 5.96. The van der Waals surface area contributed by atoms with Gasteiger partial charge in [0.1, 0.15) is 5.75 Å². The van der Waals surface area contributed by atoms with Gasteiger partial charge in [-0.2, -0.15) is 0 Å². The van der Waals surface area contributed by atoms with E-state index in [1.807, 2.05) is 13.0 Å². The molecule has 2 N–H and O–H groups in total. The highest BCUT2D eigenvalue weighted by molar-refractivity contribution is 9.10. The van der Waals surface area contributed by atoms with Crippen molar-refractivity contribution in [2.24, 2.45) is 5.73 Å². The Hall–Kier alpha value is -1.46. The maximum Gasteiger partial charge on any atom is 0.198 e. The Bertz CT molecular complexity index is 636. The molecule has 0 saturated carbocycles. The predicted octanol–water partition coefficient (Wildman–Crippen LogP) is 4.72. The van der Waals surface area contributed by atoms with E-state index in [9.17, 15) is 8.78 Å². The molecule has 0 spiro atoms. The lowest BCUT2D eigenvalue weighted by atomic mass is 10.1. The van der Waals surface area contributed by atoms with Crippen LogP contribution in [0.25, 0.3) is 0 Å². The Morgan fingerprint density at radius 2 is 1.81 bits per heavy atom. The van der Waals surface area contributed by atoms with Crippen LogP contribution in [0.4, 0.5) is 8.78 Å². The SMILES string of the molecule is Cc1ccc(Oc2c(F)cc(CC(C)N)cc2F)c(Br)c1. The minimum Gasteiger partial charge on any atom is -0.450 e. The number of halogens is 3. The van der Waals surface area contributed by atoms with Gasteiger partial charge in [0.05, 0.1) is 4.47 Å². The summed E-state index contributed by atoms with van der Waals surface area (Å²) in [5, 5.41) is 0. The lowest BCUT2D eigenvalue weighted by molar-refractivity contribution is 0.404. The van der Waals surface area contributed by atoms with Crippen LogP contribution >= 0.6 is 15.9 Å². The zero-order chi connectivity index (χ0) is 15.6. The van der Waals surface area contributed by atoms with Gasteiger partial charge in [-0.1, -0.05) is 6.07 Å². The van der Waals surface area contributed by atoms with E-state index < -0.39 is 17.4 Å². The van der Waals surface area contributed by atoms with Crippen LogP contribution in [0.5, 0.6) is 11.5 Å². The van der Waals surface area contributed by atoms with Crippen LogP contribution in [0.2, 0.25) is 0 Å². The minimum absolute atomic E-state index is 0.165. The van der Waals surface area contributed by atoms with E-state index in [1.54, 1.807) is 19.1 Å². The lowest BCUT2D eigenvalue weighted by Gasteiger charge is -2.12. The fourth-order valence-corrected chi connectivity index (χ4v) is 2.57. The van der Waals surface area contributed by atoms with Crippen LogP contribution < -0.4 is 10.5 Å². The van der Waals surface area contributed by atoms with E-state index in [0.29, 0.717) is 22.2 Å². The zero-order valence-corrected chi connectivity index (χ0v) is 13.4. The maximum absolute atomic E-state index is 14.0. The molecule has 0 heterocycles. The molecule has 2 rings (SSSR count). The van der Waals surface area contributed by atoms with Crippen molar-refractivity contribution < 1.29 is 13.5 Å². The highest BCUT2D eigenvalue weighted by atomic mass is 79.9. The summed E-state index contributed by atoms with van der Waals surface area (Å²) in [5.74, 6) is -1.53. The first-order valence-corrected chi connectivity index (χ1v) is 7.33. The number of hydrogen-bond acceptors (Lipinski definition) is 2. The standard InChI is InChI=1S/C16H16BrF2NO/c1-9-3-4-15(12(17)5-9)21-16-13(18)7-11(6-10(2)20)8-14(16)19/h3-5,7-8,10H,6,20H2,1-2H3. The number of ether oxygens (including phenoxy) is 1. The molecule has 2 aromatic rings. The molecule has 112 valence electrons. The zero-order valence-electron chi connectivity index (χ0n) is 11.8. The summed E-state index contributed by atoms with van der Waals surface area (Å²) in [4.78, 5) is 0. The molecule has 0 aliphatic carbocycles. The smallest absolute Gasteiger partial charge is 0.198 e. The van der Waals surface area contributed by atoms with E-state index in [4.69, 9.17) is 10.5 Å². The molecule has 0 aliphatic heterocycles. The molecule has 2 nitrogen and oxygen atoms in total. The van der Waals surface area contributed by atoms with Gasteiger partial charge in [0, 0.05) is 6.04 Å². The van der Waals surface area contributed by atoms with Crippen LogP contribution in [-0.2, 0) is 6.42 Å². The van der Waals surface area contributed by atoms with E-state index in [1.165, 1.54) is 12.1 Å². The van der Waals surface area contributed by atoms with Gasteiger partial charge < -0.3 is 10.5 Å². The summed E-state index contributed by atoms with van der Waals surface area (Å²) >= 11 is 3.31. The Labute approximate surface area is 131 Å². The third kappa shape index (κ3) is 4.02. The Morgan fingerprint density at radius 3 is 2.33 bits per heavy atom. The molecule has 0 aliphatic rings. The van der Waals surface area contributed by atoms with Gasteiger partial charge in [0.15, 0.2) is 17.4 Å². The summed E-state index contributed by atoms with van der Waals surface area (Å²) in [6, 6.07) is 7.62. The number of nitrogens with two attached hydrogens (primary N) is 1. The Morgan fingerprint density at radius 1 is 1.19 bits per heavy atom. The van der Waals surface area contributed by atoms with Crippen molar-refractivity contribution in [2.75, 3.05) is 0 Å². The molecule has 21 heavy (non-hydrogen) atoms. The summed E-state index contributed by atoms with van der Waals surface area (Å²) in [6.45, 7) is 3.70. The van der Waals surface area contributed by atoms with Gasteiger partial charge in [-0.25, -0.2) is 8.78 Å². The van der Waals surface area contributed by atoms with E-state index in [2.05, 4.69) is 15.9 Å². The summed E-state index contributed by atoms with van der Waals surface area (Å²) in [5.41, 5.74) is 7.16. The van der Waals surface area contributed by atoms with Gasteiger partial charge in [0.2, 0.25) is 0 Å². The van der Waals surface area contributed by atoms with Crippen molar-refractivity contribution in [1.29, 1.82) is 0 Å². The van der Waals surface area contributed by atoms with Gasteiger partial charge in [-0.05, 0) is 71.6 Å². The largest absolute Gasteiger partial charge is 0.450 e. The van der Waals surface area contributed by atoms with Crippen LogP contribution in [0.1, 0.15) is 18.1 Å². The van der Waals surface area contributed by atoms with Crippen molar-refractivity contribution >= 4 is 15.9 Å². The topological polar surface area (TPSA) is 35.2 Å². The van der Waals surface area contributed by atoms with Crippen LogP contribution in [0.15, 0.2) is 34.8 Å². The number of aryl methyl sites for hydroxylation is 1. The summed E-state index contributed by atoms with van der Waals surface area (Å²) in [7, 11) is 0. The first-order chi connectivity index (χ1) is 9.86. The van der Waals surface area contributed by atoms with Crippen LogP contribution in [0.3, 0.4) is 0 Å². The predicted molar refractivity (Wildman–Crippen MR) is 82.7 cm³/mol. The maximum atomic E-state index is 14.0. The Kier molecular flexibility index (Phi) is 4.96. The molecule has 0 fully saturated rings. The minimum atomic E-state index is -0.738. The van der Waals surface area contributed by atoms with Crippen LogP contribution in [0, 0.1) is 18.6 Å². The molecule has 0 saturated heterocycles. The molecule has 0 aromatic heterocycles. The normalized spacial score (nSPS) is 12.3. The molecule has 0 amide bonds. The Balaban J connectivity index is 2.32. The summed E-state index contributed by atoms with van der Waals surface area (Å²) < 4.78 is 34.1. The van der Waals surface area contributed by atoms with Crippen molar-refractivity contribution in [2.45, 2.75) is 26.3 Å².